The fraction of sp³-hybridized carbons (Fsp3) is 0.250. The number of hydrogen-bond acceptors (Lipinski definition) is 3. The molecule has 1 heterocycles. The molecule has 6 nitrogen and oxygen atoms in total. The van der Waals surface area contributed by atoms with Crippen molar-refractivity contribution in [2.24, 2.45) is 0 Å². The monoisotopic (exact) mass is 281 g/mol. The summed E-state index contributed by atoms with van der Waals surface area (Å²) in [5.41, 5.74) is 1.75. The average Bonchev–Trinajstić information content (AvgIpc) is 2.71. The number of Topliss-reactive ketones (excluding diaryl/α,β-unsaturated/α-hetero) is 1. The molecule has 0 aliphatic rings. The second-order valence-electron chi connectivity index (χ2n) is 4.41. The molecule has 0 spiro atoms. The molecule has 0 fully saturated rings. The van der Waals surface area contributed by atoms with E-state index >= 15 is 0 Å². The highest BCUT2D eigenvalue weighted by atomic mass is 32.2. The van der Waals surface area contributed by atoms with Crippen LogP contribution in [0.5, 0.6) is 0 Å². The zero-order valence-corrected chi connectivity index (χ0v) is 11.7. The van der Waals surface area contributed by atoms with Crippen LogP contribution < -0.4 is 4.72 Å². The second kappa shape index (κ2) is 4.67. The van der Waals surface area contributed by atoms with Gasteiger partial charge in [0.2, 0.25) is 0 Å². The van der Waals surface area contributed by atoms with Crippen molar-refractivity contribution in [1.82, 2.24) is 9.29 Å². The maximum Gasteiger partial charge on any atom is 0.301 e. The minimum absolute atomic E-state index is 0.0705. The molecule has 2 N–H and O–H groups in total. The quantitative estimate of drug-likeness (QED) is 0.835. The molecule has 0 atom stereocenters. The summed E-state index contributed by atoms with van der Waals surface area (Å²) in [5, 5.41) is 0.700. The summed E-state index contributed by atoms with van der Waals surface area (Å²) in [6, 6.07) is 5.02. The van der Waals surface area contributed by atoms with Gasteiger partial charge in [-0.1, -0.05) is 0 Å². The standard InChI is InChI=1S/C12H15N3O3S/c1-8(16)11-7-13-12-5-4-9(6-10(11)12)14-19(17,18)15(2)3/h4-7,13-14H,1-3H3. The molecule has 0 saturated heterocycles. The van der Waals surface area contributed by atoms with Gasteiger partial charge in [-0.2, -0.15) is 12.7 Å². The minimum atomic E-state index is -3.55. The molecule has 2 rings (SSSR count). The van der Waals surface area contributed by atoms with Crippen LogP contribution in [0.25, 0.3) is 10.9 Å². The van der Waals surface area contributed by atoms with E-state index in [1.165, 1.54) is 21.0 Å². The van der Waals surface area contributed by atoms with Gasteiger partial charge >= 0.3 is 10.2 Å². The molecular formula is C12H15N3O3S. The van der Waals surface area contributed by atoms with E-state index in [0.717, 1.165) is 9.82 Å². The van der Waals surface area contributed by atoms with Crippen molar-refractivity contribution in [3.05, 3.63) is 30.0 Å². The number of aromatic amines is 1. The summed E-state index contributed by atoms with van der Waals surface area (Å²) in [6.45, 7) is 1.47. The summed E-state index contributed by atoms with van der Waals surface area (Å²) in [4.78, 5) is 14.4. The lowest BCUT2D eigenvalue weighted by Crippen LogP contribution is -2.28. The molecule has 1 aromatic carbocycles. The second-order valence-corrected chi connectivity index (χ2v) is 6.29. The van der Waals surface area contributed by atoms with Gasteiger partial charge in [-0.05, 0) is 25.1 Å². The highest BCUT2D eigenvalue weighted by Crippen LogP contribution is 2.23. The number of fused-ring (bicyclic) bond motifs is 1. The number of nitrogens with one attached hydrogen (secondary N) is 2. The predicted octanol–water partition coefficient (Wildman–Crippen LogP) is 1.59. The molecule has 1 aromatic heterocycles. The number of carbonyl (C=O) groups is 1. The molecular weight excluding hydrogens is 266 g/mol. The van der Waals surface area contributed by atoms with E-state index in [1.54, 1.807) is 24.4 Å². The van der Waals surface area contributed by atoms with Gasteiger partial charge in [0.05, 0.1) is 5.69 Å². The molecule has 0 aliphatic carbocycles. The third-order valence-corrected chi connectivity index (χ3v) is 4.24. The van der Waals surface area contributed by atoms with E-state index in [1.807, 2.05) is 0 Å². The van der Waals surface area contributed by atoms with Gasteiger partial charge in [0.25, 0.3) is 0 Å². The summed E-state index contributed by atoms with van der Waals surface area (Å²) in [6.07, 6.45) is 1.62. The highest BCUT2D eigenvalue weighted by Gasteiger charge is 2.14. The minimum Gasteiger partial charge on any atom is -0.360 e. The zero-order valence-electron chi connectivity index (χ0n) is 10.9. The highest BCUT2D eigenvalue weighted by molar-refractivity contribution is 7.90. The molecule has 0 unspecified atom stereocenters. The van der Waals surface area contributed by atoms with Crippen LogP contribution in [0.4, 0.5) is 5.69 Å². The molecule has 0 bridgehead atoms. The summed E-state index contributed by atoms with van der Waals surface area (Å²) >= 11 is 0. The first-order valence-corrected chi connectivity index (χ1v) is 7.07. The van der Waals surface area contributed by atoms with Crippen LogP contribution in [0.2, 0.25) is 0 Å². The van der Waals surface area contributed by atoms with Crippen LogP contribution in [0, 0.1) is 0 Å². The van der Waals surface area contributed by atoms with Gasteiger partial charge in [-0.25, -0.2) is 0 Å². The number of rotatable bonds is 4. The Bertz CT molecular complexity index is 732. The largest absolute Gasteiger partial charge is 0.360 e. The number of H-pyrrole nitrogens is 1. The van der Waals surface area contributed by atoms with Gasteiger partial charge < -0.3 is 4.98 Å². The summed E-state index contributed by atoms with van der Waals surface area (Å²) < 4.78 is 27.0. The fourth-order valence-corrected chi connectivity index (χ4v) is 2.32. The van der Waals surface area contributed by atoms with E-state index in [4.69, 9.17) is 0 Å². The first-order valence-electron chi connectivity index (χ1n) is 5.63. The third-order valence-electron chi connectivity index (χ3n) is 2.79. The zero-order chi connectivity index (χ0) is 14.2. The third kappa shape index (κ3) is 2.61. The van der Waals surface area contributed by atoms with E-state index in [9.17, 15) is 13.2 Å². The van der Waals surface area contributed by atoms with Crippen molar-refractivity contribution in [1.29, 1.82) is 0 Å². The van der Waals surface area contributed by atoms with E-state index < -0.39 is 10.2 Å². The number of hydrogen-bond donors (Lipinski definition) is 2. The smallest absolute Gasteiger partial charge is 0.301 e. The lowest BCUT2D eigenvalue weighted by molar-refractivity contribution is 0.101. The molecule has 19 heavy (non-hydrogen) atoms. The van der Waals surface area contributed by atoms with Gasteiger partial charge in [0, 0.05) is 36.8 Å². The molecule has 0 radical (unpaired) electrons. The Hall–Kier alpha value is -1.86. The molecule has 2 aromatic rings. The number of nitrogens with zero attached hydrogens (tertiary/aromatic N) is 1. The molecule has 7 heteroatoms. The fourth-order valence-electron chi connectivity index (χ4n) is 1.72. The predicted molar refractivity (Wildman–Crippen MR) is 74.5 cm³/mol. The Morgan fingerprint density at radius 2 is 2.00 bits per heavy atom. The number of aromatic nitrogens is 1. The van der Waals surface area contributed by atoms with Gasteiger partial charge in [0.15, 0.2) is 5.78 Å². The van der Waals surface area contributed by atoms with Gasteiger partial charge in [-0.3, -0.25) is 9.52 Å². The number of benzene rings is 1. The molecule has 0 saturated carbocycles. The Morgan fingerprint density at radius 1 is 1.32 bits per heavy atom. The molecule has 0 amide bonds. The van der Waals surface area contributed by atoms with Crippen LogP contribution in [0.3, 0.4) is 0 Å². The molecule has 0 aliphatic heterocycles. The summed E-state index contributed by atoms with van der Waals surface area (Å²) in [7, 11) is -0.663. The Labute approximate surface area is 111 Å². The first kappa shape index (κ1) is 13.6. The molecule has 102 valence electrons. The number of anilines is 1. The lowest BCUT2D eigenvalue weighted by Gasteiger charge is -2.13. The van der Waals surface area contributed by atoms with Gasteiger partial charge in [0.1, 0.15) is 0 Å². The Morgan fingerprint density at radius 3 is 2.58 bits per heavy atom. The maximum atomic E-state index is 11.7. The number of ketones is 1. The van der Waals surface area contributed by atoms with Crippen LogP contribution in [0.15, 0.2) is 24.4 Å². The lowest BCUT2D eigenvalue weighted by atomic mass is 10.1. The normalized spacial score (nSPS) is 12.0. The van der Waals surface area contributed by atoms with Crippen LogP contribution in [0.1, 0.15) is 17.3 Å². The van der Waals surface area contributed by atoms with Crippen molar-refractivity contribution in [2.75, 3.05) is 18.8 Å². The Balaban J connectivity index is 2.47. The van der Waals surface area contributed by atoms with E-state index in [0.29, 0.717) is 16.6 Å². The van der Waals surface area contributed by atoms with Crippen molar-refractivity contribution >= 4 is 32.6 Å². The van der Waals surface area contributed by atoms with Crippen molar-refractivity contribution in [2.45, 2.75) is 6.92 Å². The van der Waals surface area contributed by atoms with Gasteiger partial charge in [-0.15, -0.1) is 0 Å². The first-order chi connectivity index (χ1) is 8.81. The topological polar surface area (TPSA) is 82.3 Å². The summed E-state index contributed by atoms with van der Waals surface area (Å²) in [5.74, 6) is -0.0705. The van der Waals surface area contributed by atoms with Crippen LogP contribution in [-0.4, -0.2) is 37.6 Å². The van der Waals surface area contributed by atoms with Crippen molar-refractivity contribution in [3.8, 4) is 0 Å². The number of carbonyl (C=O) groups excluding carboxylic acids is 1. The van der Waals surface area contributed by atoms with E-state index in [-0.39, 0.29) is 5.78 Å². The Kier molecular flexibility index (Phi) is 3.34. The maximum absolute atomic E-state index is 11.7. The van der Waals surface area contributed by atoms with E-state index in [2.05, 4.69) is 9.71 Å². The van der Waals surface area contributed by atoms with Crippen LogP contribution in [-0.2, 0) is 10.2 Å². The SMILES string of the molecule is CC(=O)c1c[nH]c2ccc(NS(=O)(=O)N(C)C)cc12. The van der Waals surface area contributed by atoms with Crippen molar-refractivity contribution in [3.63, 3.8) is 0 Å². The van der Waals surface area contributed by atoms with Crippen LogP contribution >= 0.6 is 0 Å². The van der Waals surface area contributed by atoms with Crippen molar-refractivity contribution < 1.29 is 13.2 Å². The average molecular weight is 281 g/mol.